The fourth-order valence-corrected chi connectivity index (χ4v) is 4.14. The molecule has 0 aromatic carbocycles. The van der Waals surface area contributed by atoms with Crippen LogP contribution in [0, 0.1) is 22.2 Å². The van der Waals surface area contributed by atoms with Crippen LogP contribution in [-0.2, 0) is 4.79 Å². The lowest BCUT2D eigenvalue weighted by Crippen LogP contribution is -2.38. The van der Waals surface area contributed by atoms with Crippen LogP contribution in [0.3, 0.4) is 0 Å². The third-order valence-electron chi connectivity index (χ3n) is 5.89. The Hall–Kier alpha value is -0.330. The lowest BCUT2D eigenvalue weighted by Gasteiger charge is -2.43. The van der Waals surface area contributed by atoms with Gasteiger partial charge in [-0.05, 0) is 29.6 Å². The fraction of sp³-hybridized carbons (Fsp3) is 0.923. The summed E-state index contributed by atoms with van der Waals surface area (Å²) in [6, 6.07) is 0. The predicted octanol–water partition coefficient (Wildman–Crippen LogP) is 3.43. The van der Waals surface area contributed by atoms with Crippen LogP contribution in [0.1, 0.15) is 53.9 Å². The highest BCUT2D eigenvalue weighted by molar-refractivity contribution is 5.90. The Labute approximate surface area is 87.3 Å². The van der Waals surface area contributed by atoms with Crippen molar-refractivity contribution in [3.05, 3.63) is 0 Å². The molecule has 0 radical (unpaired) electrons. The summed E-state index contributed by atoms with van der Waals surface area (Å²) in [4.78, 5) is 12.1. The predicted molar refractivity (Wildman–Crippen MR) is 58.0 cm³/mol. The molecule has 2 atom stereocenters. The van der Waals surface area contributed by atoms with Crippen molar-refractivity contribution in [3.8, 4) is 0 Å². The zero-order valence-electron chi connectivity index (χ0n) is 10.1. The van der Waals surface area contributed by atoms with Gasteiger partial charge in [0.15, 0.2) is 0 Å². The number of hydrogen-bond donors (Lipinski definition) is 0. The standard InChI is InChI=1S/C13H22O/c1-9(2)13-7-6-12(5,10(14)8-13)11(13,3)4/h9H,6-8H2,1-5H3/t12-,13-/m1/s1. The van der Waals surface area contributed by atoms with Crippen molar-refractivity contribution < 1.29 is 4.79 Å². The van der Waals surface area contributed by atoms with Gasteiger partial charge in [0.05, 0.1) is 0 Å². The van der Waals surface area contributed by atoms with Crippen molar-refractivity contribution in [1.29, 1.82) is 0 Å². The Balaban J connectivity index is 2.54. The lowest BCUT2D eigenvalue weighted by atomic mass is 9.61. The van der Waals surface area contributed by atoms with Gasteiger partial charge in [0.2, 0.25) is 0 Å². The molecule has 0 spiro atoms. The van der Waals surface area contributed by atoms with Crippen LogP contribution < -0.4 is 0 Å². The van der Waals surface area contributed by atoms with Gasteiger partial charge in [-0.1, -0.05) is 34.6 Å². The molecule has 0 aromatic heterocycles. The Morgan fingerprint density at radius 1 is 1.14 bits per heavy atom. The number of carbonyl (C=O) groups excluding carboxylic acids is 1. The molecular weight excluding hydrogens is 172 g/mol. The van der Waals surface area contributed by atoms with E-state index in [2.05, 4.69) is 34.6 Å². The van der Waals surface area contributed by atoms with Crippen LogP contribution in [0.15, 0.2) is 0 Å². The smallest absolute Gasteiger partial charge is 0.139 e. The van der Waals surface area contributed by atoms with Gasteiger partial charge in [-0.3, -0.25) is 4.79 Å². The molecule has 2 saturated carbocycles. The molecule has 80 valence electrons. The van der Waals surface area contributed by atoms with Gasteiger partial charge >= 0.3 is 0 Å². The van der Waals surface area contributed by atoms with E-state index in [4.69, 9.17) is 0 Å². The van der Waals surface area contributed by atoms with E-state index in [-0.39, 0.29) is 10.8 Å². The number of fused-ring (bicyclic) bond motifs is 2. The average Bonchev–Trinajstić information content (AvgIpc) is 2.34. The van der Waals surface area contributed by atoms with Crippen molar-refractivity contribution >= 4 is 5.78 Å². The number of hydrogen-bond acceptors (Lipinski definition) is 1. The molecular formula is C13H22O. The van der Waals surface area contributed by atoms with Gasteiger partial charge in [-0.15, -0.1) is 0 Å². The van der Waals surface area contributed by atoms with Crippen molar-refractivity contribution in [3.63, 3.8) is 0 Å². The van der Waals surface area contributed by atoms with Crippen LogP contribution in [0.25, 0.3) is 0 Å². The summed E-state index contributed by atoms with van der Waals surface area (Å²) in [5.41, 5.74) is 0.460. The SMILES string of the molecule is CC(C)[C@@]12CC[C@](C)(C(=O)C1)C2(C)C. The average molecular weight is 194 g/mol. The minimum atomic E-state index is -0.0305. The molecule has 14 heavy (non-hydrogen) atoms. The maximum atomic E-state index is 12.1. The maximum absolute atomic E-state index is 12.1. The molecule has 1 nitrogen and oxygen atoms in total. The zero-order valence-corrected chi connectivity index (χ0v) is 10.1. The van der Waals surface area contributed by atoms with Gasteiger partial charge in [0.1, 0.15) is 5.78 Å². The minimum Gasteiger partial charge on any atom is -0.299 e. The summed E-state index contributed by atoms with van der Waals surface area (Å²) in [5.74, 6) is 1.15. The molecule has 1 heteroatoms. The second-order valence-corrected chi connectivity index (χ2v) is 6.37. The number of ketones is 1. The van der Waals surface area contributed by atoms with Crippen molar-refractivity contribution in [2.24, 2.45) is 22.2 Å². The molecule has 0 aromatic rings. The highest BCUT2D eigenvalue weighted by atomic mass is 16.1. The molecule has 0 aliphatic heterocycles. The minimum absolute atomic E-state index is 0.0305. The van der Waals surface area contributed by atoms with Crippen molar-refractivity contribution in [2.45, 2.75) is 53.9 Å². The highest BCUT2D eigenvalue weighted by Gasteiger charge is 2.70. The Kier molecular flexibility index (Phi) is 1.77. The summed E-state index contributed by atoms with van der Waals surface area (Å²) < 4.78 is 0. The first kappa shape index (κ1) is 10.2. The molecule has 0 saturated heterocycles. The topological polar surface area (TPSA) is 17.1 Å². The van der Waals surface area contributed by atoms with Gasteiger partial charge in [-0.25, -0.2) is 0 Å². The Morgan fingerprint density at radius 3 is 1.93 bits per heavy atom. The van der Waals surface area contributed by atoms with E-state index in [1.807, 2.05) is 0 Å². The maximum Gasteiger partial charge on any atom is 0.139 e. The summed E-state index contributed by atoms with van der Waals surface area (Å²) in [6.45, 7) is 11.4. The Bertz CT molecular complexity index is 290. The second kappa shape index (κ2) is 2.43. The third kappa shape index (κ3) is 0.765. The Morgan fingerprint density at radius 2 is 1.71 bits per heavy atom. The first-order valence-electron chi connectivity index (χ1n) is 5.81. The molecule has 2 fully saturated rings. The number of rotatable bonds is 1. The van der Waals surface area contributed by atoms with Crippen LogP contribution in [0.5, 0.6) is 0 Å². The van der Waals surface area contributed by atoms with E-state index < -0.39 is 0 Å². The molecule has 2 aliphatic carbocycles. The van der Waals surface area contributed by atoms with Crippen LogP contribution in [0.4, 0.5) is 0 Å². The van der Waals surface area contributed by atoms with Gasteiger partial charge in [-0.2, -0.15) is 0 Å². The van der Waals surface area contributed by atoms with Gasteiger partial charge < -0.3 is 0 Å². The lowest BCUT2D eigenvalue weighted by molar-refractivity contribution is -0.128. The summed E-state index contributed by atoms with van der Waals surface area (Å²) in [5, 5.41) is 0. The van der Waals surface area contributed by atoms with Gasteiger partial charge in [0.25, 0.3) is 0 Å². The normalized spacial score (nSPS) is 45.1. The fourth-order valence-electron chi connectivity index (χ4n) is 4.14. The molecule has 0 N–H and O–H groups in total. The van der Waals surface area contributed by atoms with E-state index in [1.165, 1.54) is 6.42 Å². The molecule has 0 unspecified atom stereocenters. The zero-order chi connectivity index (χ0) is 10.8. The van der Waals surface area contributed by atoms with E-state index in [0.29, 0.717) is 17.1 Å². The largest absolute Gasteiger partial charge is 0.299 e. The quantitative estimate of drug-likeness (QED) is 0.625. The van der Waals surface area contributed by atoms with E-state index in [9.17, 15) is 4.79 Å². The number of Topliss-reactive ketones (excluding diaryl/α,β-unsaturated/α-hetero) is 1. The van der Waals surface area contributed by atoms with Crippen LogP contribution in [0.2, 0.25) is 0 Å². The summed E-state index contributed by atoms with van der Waals surface area (Å²) in [7, 11) is 0. The van der Waals surface area contributed by atoms with E-state index in [1.54, 1.807) is 0 Å². The highest BCUT2D eigenvalue weighted by Crippen LogP contribution is 2.72. The third-order valence-corrected chi connectivity index (χ3v) is 5.89. The first-order valence-corrected chi connectivity index (χ1v) is 5.81. The molecule has 2 rings (SSSR count). The van der Waals surface area contributed by atoms with Crippen LogP contribution >= 0.6 is 0 Å². The van der Waals surface area contributed by atoms with Crippen molar-refractivity contribution in [1.82, 2.24) is 0 Å². The van der Waals surface area contributed by atoms with E-state index in [0.717, 1.165) is 12.8 Å². The molecule has 2 bridgehead atoms. The van der Waals surface area contributed by atoms with E-state index >= 15 is 0 Å². The molecule has 0 heterocycles. The van der Waals surface area contributed by atoms with Crippen LogP contribution in [-0.4, -0.2) is 5.78 Å². The summed E-state index contributed by atoms with van der Waals surface area (Å²) in [6.07, 6.45) is 3.19. The molecule has 0 amide bonds. The monoisotopic (exact) mass is 194 g/mol. The van der Waals surface area contributed by atoms with Crippen molar-refractivity contribution in [2.75, 3.05) is 0 Å². The number of carbonyl (C=O) groups is 1. The molecule has 2 aliphatic rings. The second-order valence-electron chi connectivity index (χ2n) is 6.37. The first-order chi connectivity index (χ1) is 6.28. The van der Waals surface area contributed by atoms with Gasteiger partial charge in [0, 0.05) is 11.8 Å². The summed E-state index contributed by atoms with van der Waals surface area (Å²) >= 11 is 0.